The van der Waals surface area contributed by atoms with Gasteiger partial charge in [-0.15, -0.1) is 11.3 Å². The maximum atomic E-state index is 12.8. The van der Waals surface area contributed by atoms with Crippen molar-refractivity contribution >= 4 is 40.4 Å². The molecule has 0 spiro atoms. The molecule has 0 unspecified atom stereocenters. The van der Waals surface area contributed by atoms with E-state index in [0.717, 1.165) is 16.9 Å². The lowest BCUT2D eigenvalue weighted by atomic mass is 10.1. The number of carbonyl (C=O) groups excluding carboxylic acids is 1. The summed E-state index contributed by atoms with van der Waals surface area (Å²) >= 11 is 12.9. The second-order valence-corrected chi connectivity index (χ2v) is 6.89. The van der Waals surface area contributed by atoms with E-state index in [4.69, 9.17) is 23.2 Å². The van der Waals surface area contributed by atoms with Gasteiger partial charge in [0.1, 0.15) is 10.6 Å². The van der Waals surface area contributed by atoms with E-state index >= 15 is 0 Å². The minimum Gasteiger partial charge on any atom is -0.351 e. The molecule has 1 N–H and O–H groups in total. The minimum atomic E-state index is -2.76. The molecule has 1 aromatic heterocycles. The summed E-state index contributed by atoms with van der Waals surface area (Å²) in [6.07, 6.45) is -1.47. The lowest BCUT2D eigenvalue weighted by molar-refractivity contribution is 0.0942. The first-order valence-electron chi connectivity index (χ1n) is 6.86. The number of nitrogens with one attached hydrogen (secondary N) is 1. The van der Waals surface area contributed by atoms with Gasteiger partial charge in [-0.1, -0.05) is 29.3 Å². The number of rotatable bonds is 6. The average Bonchev–Trinajstić information content (AvgIpc) is 2.87. The van der Waals surface area contributed by atoms with Crippen LogP contribution in [0.15, 0.2) is 18.2 Å². The van der Waals surface area contributed by atoms with Crippen LogP contribution in [0.2, 0.25) is 10.0 Å². The molecule has 0 saturated carbocycles. The van der Waals surface area contributed by atoms with Gasteiger partial charge in [-0.3, -0.25) is 4.79 Å². The maximum Gasteiger partial charge on any atom is 0.282 e. The molecule has 0 bridgehead atoms. The van der Waals surface area contributed by atoms with Crippen molar-refractivity contribution in [3.63, 3.8) is 0 Å². The molecule has 0 atom stereocenters. The Morgan fingerprint density at radius 3 is 2.78 bits per heavy atom. The fourth-order valence-electron chi connectivity index (χ4n) is 2.04. The molecular formula is C15H14Cl2F2N2OS. The summed E-state index contributed by atoms with van der Waals surface area (Å²) in [5.74, 6) is -0.520. The van der Waals surface area contributed by atoms with Crippen LogP contribution in [0.25, 0.3) is 0 Å². The lowest BCUT2D eigenvalue weighted by Crippen LogP contribution is -2.25. The molecule has 0 aliphatic carbocycles. The van der Waals surface area contributed by atoms with Crippen LogP contribution in [0.3, 0.4) is 0 Å². The Hall–Kier alpha value is -1.24. The summed E-state index contributed by atoms with van der Waals surface area (Å²) in [6, 6.07) is 5.23. The van der Waals surface area contributed by atoms with Gasteiger partial charge in [0.2, 0.25) is 0 Å². The highest BCUT2D eigenvalue weighted by atomic mass is 35.5. The number of aryl methyl sites for hydroxylation is 2. The number of benzene rings is 1. The number of hydrogen-bond acceptors (Lipinski definition) is 3. The molecule has 0 saturated heterocycles. The normalized spacial score (nSPS) is 11.0. The second-order valence-electron chi connectivity index (χ2n) is 4.84. The average molecular weight is 379 g/mol. The molecule has 3 nitrogen and oxygen atoms in total. The van der Waals surface area contributed by atoms with Crippen molar-refractivity contribution in [3.8, 4) is 0 Å². The zero-order chi connectivity index (χ0) is 17.0. The number of alkyl halides is 2. The molecule has 2 aromatic rings. The van der Waals surface area contributed by atoms with Crippen molar-refractivity contribution < 1.29 is 13.6 Å². The summed E-state index contributed by atoms with van der Waals surface area (Å²) < 4.78 is 25.7. The van der Waals surface area contributed by atoms with E-state index in [9.17, 15) is 13.6 Å². The lowest BCUT2D eigenvalue weighted by Gasteiger charge is -2.07. The molecule has 8 heteroatoms. The molecule has 0 fully saturated rings. The smallest absolute Gasteiger partial charge is 0.282 e. The van der Waals surface area contributed by atoms with Gasteiger partial charge in [0.25, 0.3) is 12.3 Å². The third kappa shape index (κ3) is 4.86. The van der Waals surface area contributed by atoms with Crippen molar-refractivity contribution in [1.29, 1.82) is 0 Å². The van der Waals surface area contributed by atoms with Crippen molar-refractivity contribution in [2.45, 2.75) is 26.2 Å². The van der Waals surface area contributed by atoms with E-state index in [1.54, 1.807) is 19.1 Å². The van der Waals surface area contributed by atoms with Crippen LogP contribution < -0.4 is 5.32 Å². The zero-order valence-electron chi connectivity index (χ0n) is 12.2. The predicted molar refractivity (Wildman–Crippen MR) is 88.9 cm³/mol. The van der Waals surface area contributed by atoms with Crippen LogP contribution >= 0.6 is 34.5 Å². The molecule has 1 heterocycles. The minimum absolute atomic E-state index is 0.0259. The molecule has 2 rings (SSSR count). The number of thiazole rings is 1. The van der Waals surface area contributed by atoms with Gasteiger partial charge < -0.3 is 5.32 Å². The summed E-state index contributed by atoms with van der Waals surface area (Å²) in [6.45, 7) is 1.95. The first kappa shape index (κ1) is 18.1. The zero-order valence-corrected chi connectivity index (χ0v) is 14.5. The van der Waals surface area contributed by atoms with Gasteiger partial charge in [-0.25, -0.2) is 13.8 Å². The molecule has 124 valence electrons. The monoisotopic (exact) mass is 378 g/mol. The van der Waals surface area contributed by atoms with Crippen LogP contribution in [0.1, 0.15) is 38.8 Å². The van der Waals surface area contributed by atoms with E-state index in [-0.39, 0.29) is 4.88 Å². The van der Waals surface area contributed by atoms with E-state index in [1.165, 1.54) is 0 Å². The van der Waals surface area contributed by atoms with Crippen LogP contribution in [0, 0.1) is 6.92 Å². The Morgan fingerprint density at radius 2 is 2.13 bits per heavy atom. The number of halogens is 4. The van der Waals surface area contributed by atoms with Gasteiger partial charge in [-0.2, -0.15) is 0 Å². The summed E-state index contributed by atoms with van der Waals surface area (Å²) in [5.41, 5.74) is 0.470. The first-order chi connectivity index (χ1) is 10.9. The Kier molecular flexibility index (Phi) is 6.33. The number of amides is 1. The fourth-order valence-corrected chi connectivity index (χ4v) is 3.39. The van der Waals surface area contributed by atoms with Gasteiger partial charge in [0.05, 0.1) is 5.01 Å². The highest BCUT2D eigenvalue weighted by molar-refractivity contribution is 7.13. The van der Waals surface area contributed by atoms with Crippen LogP contribution in [0.5, 0.6) is 0 Å². The van der Waals surface area contributed by atoms with E-state index in [0.29, 0.717) is 34.4 Å². The summed E-state index contributed by atoms with van der Waals surface area (Å²) in [4.78, 5) is 15.7. The van der Waals surface area contributed by atoms with Crippen molar-refractivity contribution in [1.82, 2.24) is 10.3 Å². The third-order valence-corrected chi connectivity index (χ3v) is 4.67. The van der Waals surface area contributed by atoms with E-state index in [2.05, 4.69) is 10.3 Å². The number of carbonyl (C=O) groups is 1. The Bertz CT molecular complexity index is 707. The van der Waals surface area contributed by atoms with Crippen LogP contribution in [-0.2, 0) is 6.42 Å². The van der Waals surface area contributed by atoms with Gasteiger partial charge >= 0.3 is 0 Å². The number of nitrogens with zero attached hydrogens (tertiary/aromatic N) is 1. The SMILES string of the molecule is Cc1nc(C(F)F)c(C(=O)NCCCc2ccc(Cl)cc2Cl)s1. The van der Waals surface area contributed by atoms with Gasteiger partial charge in [-0.05, 0) is 37.5 Å². The first-order valence-corrected chi connectivity index (χ1v) is 8.43. The predicted octanol–water partition coefficient (Wildman–Crippen LogP) is 5.06. The number of aromatic nitrogens is 1. The highest BCUT2D eigenvalue weighted by Crippen LogP contribution is 2.27. The van der Waals surface area contributed by atoms with E-state index in [1.807, 2.05) is 6.07 Å². The largest absolute Gasteiger partial charge is 0.351 e. The second kappa shape index (κ2) is 8.04. The van der Waals surface area contributed by atoms with Crippen LogP contribution in [0.4, 0.5) is 8.78 Å². The molecule has 0 aliphatic rings. The van der Waals surface area contributed by atoms with Crippen molar-refractivity contribution in [3.05, 3.63) is 49.4 Å². The molecular weight excluding hydrogens is 365 g/mol. The molecule has 23 heavy (non-hydrogen) atoms. The fraction of sp³-hybridized carbons (Fsp3) is 0.333. The van der Waals surface area contributed by atoms with Crippen LogP contribution in [-0.4, -0.2) is 17.4 Å². The molecule has 0 aliphatic heterocycles. The topological polar surface area (TPSA) is 42.0 Å². The number of hydrogen-bond donors (Lipinski definition) is 1. The summed E-state index contributed by atoms with van der Waals surface area (Å²) in [5, 5.41) is 4.21. The van der Waals surface area contributed by atoms with Crippen molar-refractivity contribution in [2.24, 2.45) is 0 Å². The molecule has 1 amide bonds. The Balaban J connectivity index is 1.88. The summed E-state index contributed by atoms with van der Waals surface area (Å²) in [7, 11) is 0. The maximum absolute atomic E-state index is 12.8. The quantitative estimate of drug-likeness (QED) is 0.713. The van der Waals surface area contributed by atoms with Crippen molar-refractivity contribution in [2.75, 3.05) is 6.54 Å². The Morgan fingerprint density at radius 1 is 1.39 bits per heavy atom. The third-order valence-electron chi connectivity index (χ3n) is 3.10. The standard InChI is InChI=1S/C15H14Cl2F2N2OS/c1-8-21-12(14(18)19)13(23-8)15(22)20-6-2-3-9-4-5-10(16)7-11(9)17/h4-5,7,14H,2-3,6H2,1H3,(H,20,22). The molecule has 0 radical (unpaired) electrons. The van der Waals surface area contributed by atoms with E-state index < -0.39 is 18.0 Å². The Labute approximate surface area is 146 Å². The highest BCUT2D eigenvalue weighted by Gasteiger charge is 2.23. The van der Waals surface area contributed by atoms with Gasteiger partial charge in [0, 0.05) is 16.6 Å². The van der Waals surface area contributed by atoms with Gasteiger partial charge in [0.15, 0.2) is 0 Å². The molecule has 1 aromatic carbocycles.